The van der Waals surface area contributed by atoms with Gasteiger partial charge in [0.15, 0.2) is 0 Å². The summed E-state index contributed by atoms with van der Waals surface area (Å²) in [5.74, 6) is 0. The molecule has 1 aromatic heterocycles. The molecule has 72 valence electrons. The molecule has 0 aromatic carbocycles. The zero-order chi connectivity index (χ0) is 9.26. The topological polar surface area (TPSA) is 45.1 Å². The van der Waals surface area contributed by atoms with Gasteiger partial charge >= 0.3 is 0 Å². The van der Waals surface area contributed by atoms with Crippen molar-refractivity contribution in [1.82, 2.24) is 10.3 Å². The molecule has 1 unspecified atom stereocenters. The van der Waals surface area contributed by atoms with E-state index in [1.165, 1.54) is 0 Å². The van der Waals surface area contributed by atoms with Gasteiger partial charge in [0.1, 0.15) is 0 Å². The molecule has 1 aliphatic rings. The summed E-state index contributed by atoms with van der Waals surface area (Å²) in [6.45, 7) is 2.11. The minimum atomic E-state index is -0.0832. The summed E-state index contributed by atoms with van der Waals surface area (Å²) in [4.78, 5) is 4.24. The van der Waals surface area contributed by atoms with Gasteiger partial charge in [0.2, 0.25) is 0 Å². The lowest BCUT2D eigenvalue weighted by Gasteiger charge is -2.34. The number of hydrogen-bond donors (Lipinski definition) is 2. The molecule has 3 nitrogen and oxygen atoms in total. The Morgan fingerprint density at radius 3 is 3.00 bits per heavy atom. The Kier molecular flexibility index (Phi) is 2.62. The van der Waals surface area contributed by atoms with Crippen LogP contribution in [0.3, 0.4) is 0 Å². The monoisotopic (exact) mass is 198 g/mol. The predicted octanol–water partition coefficient (Wildman–Crippen LogP) is 1.32. The molecule has 2 rings (SSSR count). The zero-order valence-corrected chi connectivity index (χ0v) is 8.42. The molecule has 1 atom stereocenters. The normalized spacial score (nSPS) is 29.7. The number of aliphatic hydroxyl groups excluding tert-OH is 1. The van der Waals surface area contributed by atoms with Crippen LogP contribution in [0.4, 0.5) is 0 Å². The highest BCUT2D eigenvalue weighted by Crippen LogP contribution is 2.23. The van der Waals surface area contributed by atoms with Gasteiger partial charge in [-0.2, -0.15) is 0 Å². The van der Waals surface area contributed by atoms with Gasteiger partial charge < -0.3 is 10.4 Å². The molecule has 1 aliphatic carbocycles. The molecule has 0 radical (unpaired) electrons. The highest BCUT2D eigenvalue weighted by molar-refractivity contribution is 7.07. The Balaban J connectivity index is 1.82. The summed E-state index contributed by atoms with van der Waals surface area (Å²) in [6.07, 6.45) is 1.68. The summed E-state index contributed by atoms with van der Waals surface area (Å²) in [5.41, 5.74) is 2.95. The van der Waals surface area contributed by atoms with Crippen LogP contribution in [0.2, 0.25) is 0 Å². The second-order valence-corrected chi connectivity index (χ2v) is 4.34. The molecule has 13 heavy (non-hydrogen) atoms. The van der Waals surface area contributed by atoms with E-state index in [0.717, 1.165) is 18.5 Å². The van der Waals surface area contributed by atoms with Crippen LogP contribution < -0.4 is 5.32 Å². The molecular weight excluding hydrogens is 184 g/mol. The van der Waals surface area contributed by atoms with Crippen molar-refractivity contribution in [3.05, 3.63) is 16.6 Å². The number of hydrogen-bond acceptors (Lipinski definition) is 4. The number of nitrogens with one attached hydrogen (secondary N) is 1. The van der Waals surface area contributed by atoms with Gasteiger partial charge in [-0.3, -0.25) is 0 Å². The highest BCUT2D eigenvalue weighted by atomic mass is 32.1. The van der Waals surface area contributed by atoms with Gasteiger partial charge in [-0.05, 0) is 19.8 Å². The van der Waals surface area contributed by atoms with E-state index in [9.17, 15) is 0 Å². The molecule has 2 N–H and O–H groups in total. The molecular formula is C9H14N2OS. The van der Waals surface area contributed by atoms with Gasteiger partial charge in [-0.15, -0.1) is 11.3 Å². The van der Waals surface area contributed by atoms with E-state index < -0.39 is 0 Å². The quantitative estimate of drug-likeness (QED) is 0.770. The average Bonchev–Trinajstić information content (AvgIpc) is 2.53. The van der Waals surface area contributed by atoms with Crippen LogP contribution in [0.5, 0.6) is 0 Å². The molecule has 4 heteroatoms. The molecule has 1 aromatic rings. The van der Waals surface area contributed by atoms with Crippen molar-refractivity contribution in [2.24, 2.45) is 0 Å². The van der Waals surface area contributed by atoms with Crippen LogP contribution in [0.1, 0.15) is 31.5 Å². The maximum absolute atomic E-state index is 9.11. The molecule has 0 saturated heterocycles. The summed E-state index contributed by atoms with van der Waals surface area (Å²) < 4.78 is 0. The summed E-state index contributed by atoms with van der Waals surface area (Å²) >= 11 is 1.62. The lowest BCUT2D eigenvalue weighted by atomic mass is 9.89. The Labute approximate surface area is 81.8 Å². The van der Waals surface area contributed by atoms with Crippen molar-refractivity contribution in [3.8, 4) is 0 Å². The van der Waals surface area contributed by atoms with Crippen LogP contribution in [0.25, 0.3) is 0 Å². The zero-order valence-electron chi connectivity index (χ0n) is 7.60. The third-order valence-corrected chi connectivity index (χ3v) is 3.10. The van der Waals surface area contributed by atoms with E-state index in [2.05, 4.69) is 22.6 Å². The van der Waals surface area contributed by atoms with E-state index in [4.69, 9.17) is 5.11 Å². The predicted molar refractivity (Wildman–Crippen MR) is 52.7 cm³/mol. The van der Waals surface area contributed by atoms with Crippen molar-refractivity contribution in [3.63, 3.8) is 0 Å². The van der Waals surface area contributed by atoms with Crippen LogP contribution in [-0.4, -0.2) is 22.2 Å². The van der Waals surface area contributed by atoms with Gasteiger partial charge in [-0.25, -0.2) is 4.98 Å². The Bertz CT molecular complexity index is 257. The highest BCUT2D eigenvalue weighted by Gasteiger charge is 2.28. The molecule has 0 aliphatic heterocycles. The molecule has 1 heterocycles. The van der Waals surface area contributed by atoms with Gasteiger partial charge in [0, 0.05) is 17.5 Å². The van der Waals surface area contributed by atoms with Gasteiger partial charge in [0.05, 0.1) is 17.3 Å². The van der Waals surface area contributed by atoms with Crippen LogP contribution in [0.15, 0.2) is 10.9 Å². The smallest absolute Gasteiger partial charge is 0.0795 e. The molecule has 1 saturated carbocycles. The van der Waals surface area contributed by atoms with E-state index >= 15 is 0 Å². The Hall–Kier alpha value is -0.450. The van der Waals surface area contributed by atoms with E-state index in [1.54, 1.807) is 11.3 Å². The fourth-order valence-electron chi connectivity index (χ4n) is 1.60. The molecule has 0 spiro atoms. The van der Waals surface area contributed by atoms with E-state index in [1.807, 2.05) is 5.51 Å². The SMILES string of the molecule is CC(NC1CC(O)C1)c1cscn1. The minimum absolute atomic E-state index is 0.0832. The summed E-state index contributed by atoms with van der Waals surface area (Å²) in [6, 6.07) is 0.787. The standard InChI is InChI=1S/C9H14N2OS/c1-6(9-4-13-5-10-9)11-7-2-8(12)3-7/h4-8,11-12H,2-3H2,1H3. The van der Waals surface area contributed by atoms with E-state index in [-0.39, 0.29) is 6.10 Å². The van der Waals surface area contributed by atoms with Gasteiger partial charge in [0.25, 0.3) is 0 Å². The first-order chi connectivity index (χ1) is 6.25. The summed E-state index contributed by atoms with van der Waals surface area (Å²) in [7, 11) is 0. The maximum atomic E-state index is 9.11. The third-order valence-electron chi connectivity index (χ3n) is 2.49. The lowest BCUT2D eigenvalue weighted by Crippen LogP contribution is -2.45. The lowest BCUT2D eigenvalue weighted by molar-refractivity contribution is 0.0584. The fourth-order valence-corrected chi connectivity index (χ4v) is 2.25. The number of thiazole rings is 1. The van der Waals surface area contributed by atoms with Crippen LogP contribution in [0, 0.1) is 0 Å². The fraction of sp³-hybridized carbons (Fsp3) is 0.667. The number of aliphatic hydroxyl groups is 1. The van der Waals surface area contributed by atoms with Crippen LogP contribution >= 0.6 is 11.3 Å². The first-order valence-electron chi connectivity index (χ1n) is 4.58. The Morgan fingerprint density at radius 1 is 1.69 bits per heavy atom. The molecule has 0 amide bonds. The first kappa shape index (κ1) is 9.12. The summed E-state index contributed by atoms with van der Waals surface area (Å²) in [5, 5.41) is 14.6. The number of nitrogens with zero attached hydrogens (tertiary/aromatic N) is 1. The average molecular weight is 198 g/mol. The van der Waals surface area contributed by atoms with Crippen LogP contribution in [-0.2, 0) is 0 Å². The van der Waals surface area contributed by atoms with Gasteiger partial charge in [-0.1, -0.05) is 0 Å². The minimum Gasteiger partial charge on any atom is -0.393 e. The number of aromatic nitrogens is 1. The van der Waals surface area contributed by atoms with Crippen molar-refractivity contribution in [1.29, 1.82) is 0 Å². The Morgan fingerprint density at radius 2 is 2.46 bits per heavy atom. The van der Waals surface area contributed by atoms with Crippen molar-refractivity contribution >= 4 is 11.3 Å². The van der Waals surface area contributed by atoms with Crippen molar-refractivity contribution < 1.29 is 5.11 Å². The first-order valence-corrected chi connectivity index (χ1v) is 5.52. The van der Waals surface area contributed by atoms with Crippen molar-refractivity contribution in [2.45, 2.75) is 38.0 Å². The second kappa shape index (κ2) is 3.74. The molecule has 1 fully saturated rings. The van der Waals surface area contributed by atoms with E-state index in [0.29, 0.717) is 12.1 Å². The second-order valence-electron chi connectivity index (χ2n) is 3.62. The maximum Gasteiger partial charge on any atom is 0.0795 e. The number of rotatable bonds is 3. The van der Waals surface area contributed by atoms with Crippen molar-refractivity contribution in [2.75, 3.05) is 0 Å². The molecule has 0 bridgehead atoms. The third kappa shape index (κ3) is 2.07. The largest absolute Gasteiger partial charge is 0.393 e.